The molecule has 2 heterocycles. The maximum atomic E-state index is 10.8. The molecule has 0 fully saturated rings. The van der Waals surface area contributed by atoms with Crippen LogP contribution in [-0.4, -0.2) is 72.5 Å². The maximum absolute atomic E-state index is 10.8. The van der Waals surface area contributed by atoms with Crippen LogP contribution in [0.25, 0.3) is 33.5 Å². The van der Waals surface area contributed by atoms with E-state index in [4.69, 9.17) is 16.7 Å². The maximum Gasteiger partial charge on any atom is 0.313 e. The van der Waals surface area contributed by atoms with Gasteiger partial charge in [-0.1, -0.05) is 71.9 Å². The van der Waals surface area contributed by atoms with Crippen molar-refractivity contribution in [1.82, 2.24) is 20.3 Å². The molecule has 2 aromatic heterocycles. The zero-order valence-corrected chi connectivity index (χ0v) is 20.7. The lowest BCUT2D eigenvalue weighted by atomic mass is 10.00. The number of aliphatic hydroxyl groups is 3. The average Bonchev–Trinajstić information content (AvgIpc) is 3.30. The summed E-state index contributed by atoms with van der Waals surface area (Å²) in [6, 6.07) is 17.4. The first-order chi connectivity index (χ1) is 17.4. The molecule has 0 aliphatic carbocycles. The molecule has 0 bridgehead atoms. The number of carbonyl (C=O) groups is 1. The van der Waals surface area contributed by atoms with Crippen LogP contribution in [0.5, 0.6) is 0 Å². The lowest BCUT2D eigenvalue weighted by molar-refractivity contribution is -0.133. The number of aromatic amines is 1. The number of H-pyrrole nitrogens is 1. The number of carboxylic acids is 1. The van der Waals surface area contributed by atoms with Gasteiger partial charge in [-0.3, -0.25) is 4.79 Å². The van der Waals surface area contributed by atoms with E-state index in [1.807, 2.05) is 48.5 Å². The minimum Gasteiger partial charge on any atom is -0.481 e. The Balaban J connectivity index is 1.48. The summed E-state index contributed by atoms with van der Waals surface area (Å²) < 4.78 is 0. The van der Waals surface area contributed by atoms with Crippen LogP contribution in [-0.2, 0) is 11.3 Å². The first-order valence-electron chi connectivity index (χ1n) is 11.0. The highest BCUT2D eigenvalue weighted by Crippen LogP contribution is 2.31. The average molecular weight is 529 g/mol. The van der Waals surface area contributed by atoms with Crippen LogP contribution in [0.3, 0.4) is 0 Å². The number of imidazole rings is 1. The molecule has 0 unspecified atom stereocenters. The van der Waals surface area contributed by atoms with Crippen LogP contribution in [0.15, 0.2) is 59.8 Å². The first kappa shape index (κ1) is 26.1. The third kappa shape index (κ3) is 5.86. The van der Waals surface area contributed by atoms with E-state index < -0.39 is 11.5 Å². The lowest BCUT2D eigenvalue weighted by Gasteiger charge is -2.28. The number of fused-ring (bicyclic) bond motifs is 1. The zero-order chi connectivity index (χ0) is 25.7. The van der Waals surface area contributed by atoms with E-state index in [1.54, 1.807) is 6.07 Å². The molecule has 0 saturated heterocycles. The van der Waals surface area contributed by atoms with E-state index in [0.29, 0.717) is 33.6 Å². The van der Waals surface area contributed by atoms with Crippen LogP contribution >= 0.6 is 23.4 Å². The molecule has 0 aliphatic heterocycles. The van der Waals surface area contributed by atoms with Gasteiger partial charge in [-0.2, -0.15) is 0 Å². The SMILES string of the molecule is O=C(O)CSc1nc2nc(-c3ccc(-c4ccc(CNC(CO)(CO)CO)cc4)cc3)c(Cl)cc2[nH]1. The summed E-state index contributed by atoms with van der Waals surface area (Å²) >= 11 is 7.56. The van der Waals surface area contributed by atoms with Crippen molar-refractivity contribution in [3.63, 3.8) is 0 Å². The third-order valence-corrected chi connectivity index (χ3v) is 6.90. The van der Waals surface area contributed by atoms with E-state index in [9.17, 15) is 20.1 Å². The molecule has 11 heteroatoms. The Bertz CT molecular complexity index is 1330. The Morgan fingerprint density at radius 1 is 0.944 bits per heavy atom. The number of rotatable bonds is 11. The smallest absolute Gasteiger partial charge is 0.313 e. The van der Waals surface area contributed by atoms with Crippen molar-refractivity contribution in [3.8, 4) is 22.4 Å². The quantitative estimate of drug-likeness (QED) is 0.161. The number of halogens is 1. The van der Waals surface area contributed by atoms with E-state index in [-0.39, 0.29) is 25.6 Å². The van der Waals surface area contributed by atoms with Gasteiger partial charge in [0.25, 0.3) is 0 Å². The Labute approximate surface area is 216 Å². The number of hydrogen-bond donors (Lipinski definition) is 6. The van der Waals surface area contributed by atoms with Gasteiger partial charge in [-0.15, -0.1) is 0 Å². The highest BCUT2D eigenvalue weighted by molar-refractivity contribution is 7.99. The minimum absolute atomic E-state index is 0.103. The van der Waals surface area contributed by atoms with Gasteiger partial charge >= 0.3 is 5.97 Å². The van der Waals surface area contributed by atoms with E-state index >= 15 is 0 Å². The molecule has 36 heavy (non-hydrogen) atoms. The van der Waals surface area contributed by atoms with Crippen LogP contribution in [0.2, 0.25) is 5.02 Å². The topological polar surface area (TPSA) is 152 Å². The van der Waals surface area contributed by atoms with Crippen molar-refractivity contribution in [2.24, 2.45) is 0 Å². The Hall–Kier alpha value is -2.99. The molecule has 0 aliphatic rings. The molecule has 0 atom stereocenters. The number of carboxylic acid groups (broad SMARTS) is 1. The Morgan fingerprint density at radius 3 is 2.11 bits per heavy atom. The van der Waals surface area contributed by atoms with Crippen molar-refractivity contribution >= 4 is 40.5 Å². The number of nitrogens with one attached hydrogen (secondary N) is 2. The van der Waals surface area contributed by atoms with Crippen molar-refractivity contribution in [2.45, 2.75) is 17.2 Å². The van der Waals surface area contributed by atoms with Crippen LogP contribution < -0.4 is 5.32 Å². The Kier molecular flexibility index (Phi) is 8.24. The zero-order valence-electron chi connectivity index (χ0n) is 19.1. The molecule has 4 rings (SSSR count). The monoisotopic (exact) mass is 528 g/mol. The number of hydrogen-bond acceptors (Lipinski definition) is 8. The molecule has 6 N–H and O–H groups in total. The van der Waals surface area contributed by atoms with Crippen molar-refractivity contribution in [1.29, 1.82) is 0 Å². The number of aliphatic carboxylic acids is 1. The number of aliphatic hydroxyl groups excluding tert-OH is 3. The number of aromatic nitrogens is 3. The fourth-order valence-corrected chi connectivity index (χ4v) is 4.39. The predicted molar refractivity (Wildman–Crippen MR) is 139 cm³/mol. The molecule has 0 radical (unpaired) electrons. The molecule has 0 spiro atoms. The van der Waals surface area contributed by atoms with Gasteiger partial charge in [0.05, 0.1) is 47.3 Å². The largest absolute Gasteiger partial charge is 0.481 e. The number of pyridine rings is 1. The van der Waals surface area contributed by atoms with Gasteiger partial charge in [0.2, 0.25) is 0 Å². The van der Waals surface area contributed by atoms with Gasteiger partial charge < -0.3 is 30.7 Å². The number of thioether (sulfide) groups is 1. The molecule has 2 aromatic carbocycles. The summed E-state index contributed by atoms with van der Waals surface area (Å²) in [4.78, 5) is 22.8. The Morgan fingerprint density at radius 2 is 1.53 bits per heavy atom. The van der Waals surface area contributed by atoms with Gasteiger partial charge in [0.1, 0.15) is 0 Å². The summed E-state index contributed by atoms with van der Waals surface area (Å²) in [5.41, 5.74) is 4.32. The predicted octanol–water partition coefficient (Wildman–Crippen LogP) is 2.93. The third-order valence-electron chi connectivity index (χ3n) is 5.76. The lowest BCUT2D eigenvalue weighted by Crippen LogP contribution is -2.54. The van der Waals surface area contributed by atoms with Gasteiger partial charge in [0.15, 0.2) is 10.8 Å². The summed E-state index contributed by atoms with van der Waals surface area (Å²) in [5, 5.41) is 41.1. The van der Waals surface area contributed by atoms with E-state index in [1.165, 1.54) is 0 Å². The van der Waals surface area contributed by atoms with Crippen LogP contribution in [0.1, 0.15) is 5.56 Å². The van der Waals surface area contributed by atoms with Crippen molar-refractivity contribution < 1.29 is 25.2 Å². The number of benzene rings is 2. The normalized spacial score (nSPS) is 11.8. The summed E-state index contributed by atoms with van der Waals surface area (Å²) in [6.07, 6.45) is 0. The summed E-state index contributed by atoms with van der Waals surface area (Å²) in [5.74, 6) is -1.03. The summed E-state index contributed by atoms with van der Waals surface area (Å²) in [6.45, 7) is -0.735. The van der Waals surface area contributed by atoms with Crippen LogP contribution in [0, 0.1) is 0 Å². The van der Waals surface area contributed by atoms with Gasteiger partial charge in [-0.25, -0.2) is 9.97 Å². The first-order valence-corrected chi connectivity index (χ1v) is 12.4. The molecule has 9 nitrogen and oxygen atoms in total. The van der Waals surface area contributed by atoms with Crippen LogP contribution in [0.4, 0.5) is 0 Å². The highest BCUT2D eigenvalue weighted by Gasteiger charge is 2.27. The van der Waals surface area contributed by atoms with Crippen molar-refractivity contribution in [3.05, 3.63) is 65.2 Å². The molecule has 4 aromatic rings. The molecular weight excluding hydrogens is 504 g/mol. The fourth-order valence-electron chi connectivity index (χ4n) is 3.54. The van der Waals surface area contributed by atoms with Gasteiger partial charge in [-0.05, 0) is 22.8 Å². The fraction of sp³-hybridized carbons (Fsp3) is 0.240. The second-order valence-electron chi connectivity index (χ2n) is 8.30. The highest BCUT2D eigenvalue weighted by atomic mass is 35.5. The second kappa shape index (κ2) is 11.4. The second-order valence-corrected chi connectivity index (χ2v) is 9.67. The van der Waals surface area contributed by atoms with E-state index in [2.05, 4.69) is 20.3 Å². The summed E-state index contributed by atoms with van der Waals surface area (Å²) in [7, 11) is 0. The van der Waals surface area contributed by atoms with Crippen molar-refractivity contribution in [2.75, 3.05) is 25.6 Å². The molecule has 0 amide bonds. The molecule has 188 valence electrons. The van der Waals surface area contributed by atoms with E-state index in [0.717, 1.165) is 34.0 Å². The standard InChI is InChI=1S/C25H25ClN4O5S/c26-19-9-20-23(30-24(28-20)36-11-21(34)35)29-22(19)18-7-5-17(6-8-18)16-3-1-15(2-4-16)10-27-25(12-31,13-32)14-33/h1-9,27,31-33H,10-14H2,(H,34,35)(H,28,29,30). The minimum atomic E-state index is -1.12. The van der Waals surface area contributed by atoms with Gasteiger partial charge in [0, 0.05) is 12.1 Å². The molecular formula is C25H25ClN4O5S. The molecule has 0 saturated carbocycles. The number of nitrogens with zero attached hydrogens (tertiary/aromatic N) is 2.